The monoisotopic (exact) mass is 478 g/mol. The first-order chi connectivity index (χ1) is 16.8. The third kappa shape index (κ3) is 5.65. The maximum atomic E-state index is 5.84. The van der Waals surface area contributed by atoms with Crippen LogP contribution >= 0.6 is 11.8 Å². The number of hydrogen-bond donors (Lipinski definition) is 0. The van der Waals surface area contributed by atoms with Gasteiger partial charge in [-0.05, 0) is 50.4 Å². The molecule has 0 N–H and O–H groups in total. The lowest BCUT2D eigenvalue weighted by Crippen LogP contribution is -2.33. The molecule has 1 aromatic heterocycles. The zero-order chi connectivity index (χ0) is 23.2. The van der Waals surface area contributed by atoms with Crippen LogP contribution in [0, 0.1) is 0 Å². The highest BCUT2D eigenvalue weighted by molar-refractivity contribution is 7.99. The van der Waals surface area contributed by atoms with Gasteiger partial charge in [0, 0.05) is 30.4 Å². The lowest BCUT2D eigenvalue weighted by atomic mass is 9.95. The minimum atomic E-state index is 0.341. The molecule has 2 aliphatic rings. The molecule has 34 heavy (non-hydrogen) atoms. The predicted octanol–water partition coefficient (Wildman–Crippen LogP) is 4.99. The Morgan fingerprint density at radius 3 is 2.53 bits per heavy atom. The minimum absolute atomic E-state index is 0.341. The summed E-state index contributed by atoms with van der Waals surface area (Å²) in [6.07, 6.45) is 4.85. The van der Waals surface area contributed by atoms with Crippen LogP contribution in [-0.2, 0) is 17.8 Å². The van der Waals surface area contributed by atoms with Crippen LogP contribution in [0.15, 0.2) is 59.8 Å². The van der Waals surface area contributed by atoms with Crippen molar-refractivity contribution in [2.75, 3.05) is 32.6 Å². The van der Waals surface area contributed by atoms with E-state index in [0.29, 0.717) is 12.0 Å². The van der Waals surface area contributed by atoms with Crippen molar-refractivity contribution < 1.29 is 9.47 Å². The Hall–Kier alpha value is -2.35. The second-order valence-corrected chi connectivity index (χ2v) is 10.2. The number of benzene rings is 2. The van der Waals surface area contributed by atoms with E-state index in [0.717, 1.165) is 74.5 Å². The van der Waals surface area contributed by atoms with Gasteiger partial charge < -0.3 is 14.0 Å². The van der Waals surface area contributed by atoms with Crippen molar-refractivity contribution in [3.8, 4) is 5.75 Å². The molecular formula is C27H34N4O2S. The first-order valence-electron chi connectivity index (χ1n) is 12.4. The summed E-state index contributed by atoms with van der Waals surface area (Å²) in [6, 6.07) is 19.0. The largest absolute Gasteiger partial charge is 0.496 e. The van der Waals surface area contributed by atoms with Crippen molar-refractivity contribution in [3.63, 3.8) is 0 Å². The minimum Gasteiger partial charge on any atom is -0.496 e. The van der Waals surface area contributed by atoms with E-state index in [1.807, 2.05) is 12.1 Å². The molecule has 0 aliphatic carbocycles. The van der Waals surface area contributed by atoms with E-state index in [9.17, 15) is 0 Å². The molecule has 6 nitrogen and oxygen atoms in total. The molecule has 5 rings (SSSR count). The van der Waals surface area contributed by atoms with E-state index in [2.05, 4.69) is 57.0 Å². The summed E-state index contributed by atoms with van der Waals surface area (Å²) in [7, 11) is 1.75. The summed E-state index contributed by atoms with van der Waals surface area (Å²) in [5, 5.41) is 10.4. The number of piperidine rings is 1. The lowest BCUT2D eigenvalue weighted by molar-refractivity contribution is 0.129. The van der Waals surface area contributed by atoms with Gasteiger partial charge in [0.1, 0.15) is 11.6 Å². The Morgan fingerprint density at radius 1 is 0.971 bits per heavy atom. The zero-order valence-electron chi connectivity index (χ0n) is 19.9. The third-order valence-corrected chi connectivity index (χ3v) is 7.99. The maximum absolute atomic E-state index is 5.84. The molecular weight excluding hydrogens is 444 g/mol. The Labute approximate surface area is 206 Å². The highest BCUT2D eigenvalue weighted by Crippen LogP contribution is 2.32. The summed E-state index contributed by atoms with van der Waals surface area (Å²) < 4.78 is 13.7. The number of para-hydroxylation sites is 1. The SMILES string of the molecule is COc1ccccc1CN1CCC(c2nnc(SC[C@@H]3CCCO3)n2Cc2ccccc2)CC1. The van der Waals surface area contributed by atoms with E-state index >= 15 is 0 Å². The van der Waals surface area contributed by atoms with Crippen LogP contribution in [-0.4, -0.2) is 58.3 Å². The number of thioether (sulfide) groups is 1. The predicted molar refractivity (Wildman–Crippen MR) is 136 cm³/mol. The van der Waals surface area contributed by atoms with Gasteiger partial charge in [0.15, 0.2) is 5.16 Å². The molecule has 3 heterocycles. The molecule has 3 aromatic rings. The molecule has 2 aliphatic heterocycles. The number of hydrogen-bond acceptors (Lipinski definition) is 6. The maximum Gasteiger partial charge on any atom is 0.191 e. The summed E-state index contributed by atoms with van der Waals surface area (Å²) in [4.78, 5) is 2.53. The average Bonchev–Trinajstić information content (AvgIpc) is 3.54. The van der Waals surface area contributed by atoms with Crippen molar-refractivity contribution >= 4 is 11.8 Å². The van der Waals surface area contributed by atoms with Crippen molar-refractivity contribution in [1.29, 1.82) is 0 Å². The second-order valence-electron chi connectivity index (χ2n) is 9.22. The van der Waals surface area contributed by atoms with Gasteiger partial charge in [0.2, 0.25) is 0 Å². The number of rotatable bonds is 9. The van der Waals surface area contributed by atoms with Gasteiger partial charge in [0.05, 0.1) is 19.8 Å². The molecule has 0 bridgehead atoms. The fourth-order valence-corrected chi connectivity index (χ4v) is 6.00. The van der Waals surface area contributed by atoms with Crippen molar-refractivity contribution in [3.05, 3.63) is 71.5 Å². The topological polar surface area (TPSA) is 52.4 Å². The molecule has 180 valence electrons. The third-order valence-electron chi connectivity index (χ3n) is 6.89. The molecule has 0 amide bonds. The van der Waals surface area contributed by atoms with Crippen molar-refractivity contribution in [2.45, 2.75) is 56.0 Å². The van der Waals surface area contributed by atoms with Gasteiger partial charge >= 0.3 is 0 Å². The van der Waals surface area contributed by atoms with E-state index in [-0.39, 0.29) is 0 Å². The smallest absolute Gasteiger partial charge is 0.191 e. The van der Waals surface area contributed by atoms with Crippen LogP contribution in [0.5, 0.6) is 5.75 Å². The molecule has 0 saturated carbocycles. The van der Waals surface area contributed by atoms with Crippen molar-refractivity contribution in [1.82, 2.24) is 19.7 Å². The van der Waals surface area contributed by atoms with Crippen LogP contribution in [0.4, 0.5) is 0 Å². The lowest BCUT2D eigenvalue weighted by Gasteiger charge is -2.32. The van der Waals surface area contributed by atoms with E-state index in [1.165, 1.54) is 17.5 Å². The van der Waals surface area contributed by atoms with Gasteiger partial charge in [-0.15, -0.1) is 10.2 Å². The molecule has 7 heteroatoms. The number of nitrogens with zero attached hydrogens (tertiary/aromatic N) is 4. The molecule has 2 fully saturated rings. The highest BCUT2D eigenvalue weighted by atomic mass is 32.2. The second kappa shape index (κ2) is 11.4. The fourth-order valence-electron chi connectivity index (χ4n) is 4.99. The van der Waals surface area contributed by atoms with E-state index in [4.69, 9.17) is 14.6 Å². The van der Waals surface area contributed by atoms with Gasteiger partial charge in [-0.2, -0.15) is 0 Å². The molecule has 0 spiro atoms. The van der Waals surface area contributed by atoms with E-state index < -0.39 is 0 Å². The number of aromatic nitrogens is 3. The fraction of sp³-hybridized carbons (Fsp3) is 0.481. The van der Waals surface area contributed by atoms with E-state index in [1.54, 1.807) is 18.9 Å². The van der Waals surface area contributed by atoms with Crippen LogP contribution in [0.1, 0.15) is 48.6 Å². The highest BCUT2D eigenvalue weighted by Gasteiger charge is 2.27. The standard InChI is InChI=1S/C27H34N4O2S/c1-32-25-12-6-5-10-23(25)19-30-15-13-22(14-16-30)26-28-29-27(34-20-24-11-7-17-33-24)31(26)18-21-8-3-2-4-9-21/h2-6,8-10,12,22,24H,7,11,13-20H2,1H3/t24-/m0/s1. The number of methoxy groups -OCH3 is 1. The first-order valence-corrected chi connectivity index (χ1v) is 13.3. The Kier molecular flexibility index (Phi) is 7.83. The van der Waals surface area contributed by atoms with Gasteiger partial charge in [-0.3, -0.25) is 4.90 Å². The van der Waals surface area contributed by atoms with Crippen LogP contribution < -0.4 is 4.74 Å². The Bertz CT molecular complexity index is 1040. The Morgan fingerprint density at radius 2 is 1.76 bits per heavy atom. The van der Waals surface area contributed by atoms with Crippen LogP contribution in [0.2, 0.25) is 0 Å². The number of ether oxygens (including phenoxy) is 2. The molecule has 2 aromatic carbocycles. The van der Waals surface area contributed by atoms with Crippen LogP contribution in [0.25, 0.3) is 0 Å². The van der Waals surface area contributed by atoms with Gasteiger partial charge in [0.25, 0.3) is 0 Å². The molecule has 1 atom stereocenters. The van der Waals surface area contributed by atoms with Gasteiger partial charge in [-0.1, -0.05) is 60.3 Å². The van der Waals surface area contributed by atoms with Crippen LogP contribution in [0.3, 0.4) is 0 Å². The quantitative estimate of drug-likeness (QED) is 0.404. The first kappa shape index (κ1) is 23.4. The summed E-state index contributed by atoms with van der Waals surface area (Å²) >= 11 is 1.79. The Balaban J connectivity index is 1.27. The summed E-state index contributed by atoms with van der Waals surface area (Å²) in [5.41, 5.74) is 2.54. The number of likely N-dealkylation sites (tertiary alicyclic amines) is 1. The zero-order valence-corrected chi connectivity index (χ0v) is 20.8. The molecule has 0 radical (unpaired) electrons. The van der Waals surface area contributed by atoms with Crippen molar-refractivity contribution in [2.24, 2.45) is 0 Å². The molecule has 0 unspecified atom stereocenters. The molecule has 2 saturated heterocycles. The summed E-state index contributed by atoms with van der Waals surface area (Å²) in [6.45, 7) is 4.74. The van der Waals surface area contributed by atoms with Gasteiger partial charge in [-0.25, -0.2) is 0 Å². The average molecular weight is 479 g/mol. The normalized spacial score (nSPS) is 19.5. The summed E-state index contributed by atoms with van der Waals surface area (Å²) in [5.74, 6) is 3.49.